The van der Waals surface area contributed by atoms with Crippen molar-refractivity contribution < 1.29 is 13.5 Å². The molecule has 0 amide bonds. The van der Waals surface area contributed by atoms with Gasteiger partial charge in [0, 0.05) is 48.1 Å². The molecule has 4 heterocycles. The van der Waals surface area contributed by atoms with Gasteiger partial charge in [-0.25, -0.2) is 24.3 Å². The average molecular weight is 396 g/mol. The number of halogens is 2. The van der Waals surface area contributed by atoms with Crippen LogP contribution >= 0.6 is 0 Å². The zero-order chi connectivity index (χ0) is 20.1. The first kappa shape index (κ1) is 18.7. The lowest BCUT2D eigenvalue weighted by atomic mass is 10.1. The fourth-order valence-corrected chi connectivity index (χ4v) is 2.97. The van der Waals surface area contributed by atoms with Crippen LogP contribution in [0.15, 0.2) is 49.2 Å². The van der Waals surface area contributed by atoms with Gasteiger partial charge in [-0.1, -0.05) is 12.1 Å². The van der Waals surface area contributed by atoms with E-state index in [9.17, 15) is 8.78 Å². The Balaban J connectivity index is 1.45. The van der Waals surface area contributed by atoms with Crippen molar-refractivity contribution in [2.75, 3.05) is 18.6 Å². The van der Waals surface area contributed by atoms with Crippen LogP contribution < -0.4 is 10.1 Å². The van der Waals surface area contributed by atoms with E-state index >= 15 is 0 Å². The fourth-order valence-electron chi connectivity index (χ4n) is 2.97. The summed E-state index contributed by atoms with van der Waals surface area (Å²) in [7, 11) is 0. The van der Waals surface area contributed by atoms with Crippen molar-refractivity contribution in [1.82, 2.24) is 24.9 Å². The van der Waals surface area contributed by atoms with Gasteiger partial charge in [0.15, 0.2) is 0 Å². The molecule has 0 spiro atoms. The molecule has 0 saturated heterocycles. The number of ether oxygens (including phenoxy) is 1. The Hall–Kier alpha value is -3.62. The number of anilines is 1. The number of hydrogen-bond acceptors (Lipinski definition) is 6. The molecule has 0 aromatic carbocycles. The Morgan fingerprint density at radius 1 is 1.10 bits per heavy atom. The van der Waals surface area contributed by atoms with Gasteiger partial charge in [0.05, 0.1) is 0 Å². The molecule has 148 valence electrons. The molecule has 0 aliphatic heterocycles. The molecular formula is C20H18F2N6O. The van der Waals surface area contributed by atoms with E-state index in [4.69, 9.17) is 4.74 Å². The van der Waals surface area contributed by atoms with E-state index < -0.39 is 12.6 Å². The number of rotatable bonds is 8. The summed E-state index contributed by atoms with van der Waals surface area (Å²) in [4.78, 5) is 19.3. The number of hydrogen-bond donors (Lipinski definition) is 2. The van der Waals surface area contributed by atoms with E-state index in [0.717, 1.165) is 16.5 Å². The molecule has 7 nitrogen and oxygen atoms in total. The van der Waals surface area contributed by atoms with Crippen LogP contribution in [0.2, 0.25) is 0 Å². The van der Waals surface area contributed by atoms with Crippen LogP contribution in [0.3, 0.4) is 0 Å². The Morgan fingerprint density at radius 3 is 2.90 bits per heavy atom. The molecule has 0 unspecified atom stereocenters. The maximum Gasteiger partial charge on any atom is 0.218 e. The van der Waals surface area contributed by atoms with E-state index in [2.05, 4.69) is 30.2 Å². The van der Waals surface area contributed by atoms with Crippen LogP contribution in [0.5, 0.6) is 5.88 Å². The summed E-state index contributed by atoms with van der Waals surface area (Å²) < 4.78 is 32.2. The van der Waals surface area contributed by atoms with Gasteiger partial charge in [0.25, 0.3) is 0 Å². The van der Waals surface area contributed by atoms with Crippen molar-refractivity contribution in [2.24, 2.45) is 0 Å². The van der Waals surface area contributed by atoms with Gasteiger partial charge in [-0.15, -0.1) is 0 Å². The summed E-state index contributed by atoms with van der Waals surface area (Å²) in [6, 6.07) is 6.96. The Bertz CT molecular complexity index is 1120. The van der Waals surface area contributed by atoms with Crippen molar-refractivity contribution in [3.05, 3.63) is 71.8 Å². The molecule has 9 heteroatoms. The normalized spacial score (nSPS) is 11.0. The Morgan fingerprint density at radius 2 is 2.03 bits per heavy atom. The second-order valence-electron chi connectivity index (χ2n) is 6.28. The third-order valence-electron chi connectivity index (χ3n) is 4.37. The summed E-state index contributed by atoms with van der Waals surface area (Å²) >= 11 is 0. The lowest BCUT2D eigenvalue weighted by molar-refractivity contribution is 0.262. The van der Waals surface area contributed by atoms with Crippen molar-refractivity contribution in [2.45, 2.75) is 13.0 Å². The second-order valence-corrected chi connectivity index (χ2v) is 6.28. The fraction of sp³-hybridized carbons (Fsp3) is 0.200. The van der Waals surface area contributed by atoms with Crippen LogP contribution in [0, 0.1) is 5.95 Å². The number of fused-ring (bicyclic) bond motifs is 1. The Kier molecular flexibility index (Phi) is 5.55. The molecule has 0 atom stereocenters. The minimum atomic E-state index is -0.597. The molecule has 29 heavy (non-hydrogen) atoms. The SMILES string of the molecule is FCCOc1ncccc1CNc1ccc(Cc2c[nH]c3ncncc23)c(F)n1. The zero-order valence-electron chi connectivity index (χ0n) is 15.4. The molecule has 4 aromatic rings. The summed E-state index contributed by atoms with van der Waals surface area (Å²) in [6.07, 6.45) is 6.90. The van der Waals surface area contributed by atoms with E-state index in [1.54, 1.807) is 42.9 Å². The van der Waals surface area contributed by atoms with E-state index in [1.807, 2.05) is 0 Å². The number of aromatic amines is 1. The minimum absolute atomic E-state index is 0.0650. The third kappa shape index (κ3) is 4.29. The predicted octanol–water partition coefficient (Wildman–Crippen LogP) is 3.44. The van der Waals surface area contributed by atoms with Gasteiger partial charge in [-0.05, 0) is 17.7 Å². The maximum atomic E-state index is 14.5. The molecule has 0 bridgehead atoms. The number of nitrogens with one attached hydrogen (secondary N) is 2. The largest absolute Gasteiger partial charge is 0.475 e. The van der Waals surface area contributed by atoms with Gasteiger partial charge >= 0.3 is 0 Å². The van der Waals surface area contributed by atoms with Crippen molar-refractivity contribution in [3.63, 3.8) is 0 Å². The first-order valence-corrected chi connectivity index (χ1v) is 9.02. The first-order chi connectivity index (χ1) is 14.2. The van der Waals surface area contributed by atoms with E-state index in [0.29, 0.717) is 35.9 Å². The smallest absolute Gasteiger partial charge is 0.218 e. The number of H-pyrrole nitrogens is 1. The summed E-state index contributed by atoms with van der Waals surface area (Å²) in [5.41, 5.74) is 2.80. The number of aromatic nitrogens is 5. The highest BCUT2D eigenvalue weighted by atomic mass is 19.1. The predicted molar refractivity (Wildman–Crippen MR) is 104 cm³/mol. The standard InChI is InChI=1S/C20H18F2N6O/c21-5-7-29-20-14(2-1-6-24-20)9-25-17-4-3-13(18(22)28-17)8-15-10-26-19-16(15)11-23-12-27-19/h1-4,6,10-12H,5,7-9H2,(H,25,28)(H,23,26,27). The minimum Gasteiger partial charge on any atom is -0.475 e. The third-order valence-corrected chi connectivity index (χ3v) is 4.37. The van der Waals surface area contributed by atoms with Crippen molar-refractivity contribution >= 4 is 16.9 Å². The number of pyridine rings is 2. The highest BCUT2D eigenvalue weighted by molar-refractivity contribution is 5.78. The van der Waals surface area contributed by atoms with Gasteiger partial charge in [0.1, 0.15) is 31.1 Å². The molecule has 0 fully saturated rings. The lowest BCUT2D eigenvalue weighted by Gasteiger charge is -2.11. The maximum absolute atomic E-state index is 14.5. The quantitative estimate of drug-likeness (QED) is 0.444. The summed E-state index contributed by atoms with van der Waals surface area (Å²) in [5, 5.41) is 3.90. The summed E-state index contributed by atoms with van der Waals surface area (Å²) in [5.74, 6) is 0.173. The molecule has 0 radical (unpaired) electrons. The van der Waals surface area contributed by atoms with Crippen molar-refractivity contribution in [1.29, 1.82) is 0 Å². The molecule has 4 aromatic heterocycles. The van der Waals surface area contributed by atoms with Crippen LogP contribution in [0.1, 0.15) is 16.7 Å². The second kappa shape index (κ2) is 8.59. The van der Waals surface area contributed by atoms with Crippen LogP contribution in [-0.4, -0.2) is 38.2 Å². The lowest BCUT2D eigenvalue weighted by Crippen LogP contribution is -2.08. The van der Waals surface area contributed by atoms with Gasteiger partial charge in [0.2, 0.25) is 11.8 Å². The van der Waals surface area contributed by atoms with Gasteiger partial charge in [-0.2, -0.15) is 4.39 Å². The number of alkyl halides is 1. The van der Waals surface area contributed by atoms with Gasteiger partial charge in [-0.3, -0.25) is 0 Å². The van der Waals surface area contributed by atoms with Gasteiger partial charge < -0.3 is 15.0 Å². The van der Waals surface area contributed by atoms with E-state index in [-0.39, 0.29) is 6.61 Å². The molecule has 0 aliphatic rings. The van der Waals surface area contributed by atoms with Crippen LogP contribution in [0.25, 0.3) is 11.0 Å². The number of nitrogens with zero attached hydrogens (tertiary/aromatic N) is 4. The zero-order valence-corrected chi connectivity index (χ0v) is 15.4. The van der Waals surface area contributed by atoms with E-state index in [1.165, 1.54) is 6.33 Å². The first-order valence-electron chi connectivity index (χ1n) is 9.02. The molecule has 2 N–H and O–H groups in total. The monoisotopic (exact) mass is 396 g/mol. The van der Waals surface area contributed by atoms with Crippen LogP contribution in [-0.2, 0) is 13.0 Å². The van der Waals surface area contributed by atoms with Crippen molar-refractivity contribution in [3.8, 4) is 5.88 Å². The summed E-state index contributed by atoms with van der Waals surface area (Å²) in [6.45, 7) is -0.342. The Labute approximate surface area is 165 Å². The molecule has 0 saturated carbocycles. The molecular weight excluding hydrogens is 378 g/mol. The topological polar surface area (TPSA) is 88.6 Å². The average Bonchev–Trinajstić information content (AvgIpc) is 3.16. The highest BCUT2D eigenvalue weighted by Crippen LogP contribution is 2.21. The molecule has 4 rings (SSSR count). The molecule has 0 aliphatic carbocycles. The highest BCUT2D eigenvalue weighted by Gasteiger charge is 2.11. The van der Waals surface area contributed by atoms with Crippen LogP contribution in [0.4, 0.5) is 14.6 Å².